The zero-order chi connectivity index (χ0) is 16.9. The molecule has 1 N–H and O–H groups in total. The summed E-state index contributed by atoms with van der Waals surface area (Å²) in [4.78, 5) is 15.2. The Morgan fingerprint density at radius 3 is 2.75 bits per heavy atom. The van der Waals surface area contributed by atoms with Crippen molar-refractivity contribution in [2.45, 2.75) is 6.92 Å². The molecule has 0 spiro atoms. The van der Waals surface area contributed by atoms with E-state index in [1.54, 1.807) is 25.1 Å². The van der Waals surface area contributed by atoms with Crippen molar-refractivity contribution in [1.82, 2.24) is 4.98 Å². The molecule has 0 aliphatic carbocycles. The molecule has 0 fully saturated rings. The summed E-state index contributed by atoms with van der Waals surface area (Å²) in [5, 5.41) is 17.8. The standard InChI is InChI=1S/C17H14N4O2S/c1-12-6-5-9-14(16(12)21(22)23)10-18-20-17-19-15(11-24-17)13-7-3-2-4-8-13/h2-11H,1H3,(H,19,20). The fraction of sp³-hybridized carbons (Fsp3) is 0.0588. The van der Waals surface area contributed by atoms with Crippen molar-refractivity contribution in [3.8, 4) is 11.3 Å². The molecule has 3 aromatic rings. The fourth-order valence-electron chi connectivity index (χ4n) is 2.26. The summed E-state index contributed by atoms with van der Waals surface area (Å²) in [7, 11) is 0. The van der Waals surface area contributed by atoms with Crippen LogP contribution in [0, 0.1) is 17.0 Å². The largest absolute Gasteiger partial charge is 0.281 e. The minimum atomic E-state index is -0.395. The Kier molecular flexibility index (Phi) is 4.62. The van der Waals surface area contributed by atoms with E-state index in [2.05, 4.69) is 15.5 Å². The molecule has 2 aromatic carbocycles. The summed E-state index contributed by atoms with van der Waals surface area (Å²) < 4.78 is 0. The van der Waals surface area contributed by atoms with Gasteiger partial charge in [0.25, 0.3) is 5.69 Å². The SMILES string of the molecule is Cc1cccc(C=NNc2nc(-c3ccccc3)cs2)c1[N+](=O)[O-]. The second kappa shape index (κ2) is 7.01. The monoisotopic (exact) mass is 338 g/mol. The molecule has 0 saturated heterocycles. The molecule has 0 unspecified atom stereocenters. The van der Waals surface area contributed by atoms with Gasteiger partial charge in [0.05, 0.1) is 22.4 Å². The molecule has 0 aliphatic heterocycles. The van der Waals surface area contributed by atoms with Gasteiger partial charge in [0.2, 0.25) is 5.13 Å². The van der Waals surface area contributed by atoms with Gasteiger partial charge in [-0.3, -0.25) is 15.5 Å². The van der Waals surface area contributed by atoms with E-state index >= 15 is 0 Å². The maximum absolute atomic E-state index is 11.1. The zero-order valence-corrected chi connectivity index (χ0v) is 13.7. The van der Waals surface area contributed by atoms with Gasteiger partial charge in [-0.2, -0.15) is 5.10 Å². The molecule has 0 bridgehead atoms. The molecule has 1 aromatic heterocycles. The van der Waals surface area contributed by atoms with Gasteiger partial charge >= 0.3 is 0 Å². The Balaban J connectivity index is 1.75. The fourth-order valence-corrected chi connectivity index (χ4v) is 2.93. The number of hydrogen-bond donors (Lipinski definition) is 1. The number of anilines is 1. The van der Waals surface area contributed by atoms with Gasteiger partial charge in [-0.05, 0) is 13.0 Å². The van der Waals surface area contributed by atoms with Gasteiger partial charge < -0.3 is 0 Å². The average molecular weight is 338 g/mol. The Morgan fingerprint density at radius 1 is 1.21 bits per heavy atom. The minimum absolute atomic E-state index is 0.0622. The van der Waals surface area contributed by atoms with E-state index in [1.807, 2.05) is 35.7 Å². The molecule has 0 saturated carbocycles. The van der Waals surface area contributed by atoms with Crippen molar-refractivity contribution in [1.29, 1.82) is 0 Å². The summed E-state index contributed by atoms with van der Waals surface area (Å²) in [6.45, 7) is 1.70. The lowest BCUT2D eigenvalue weighted by atomic mass is 10.1. The summed E-state index contributed by atoms with van der Waals surface area (Å²) in [6, 6.07) is 15.0. The van der Waals surface area contributed by atoms with E-state index in [1.165, 1.54) is 17.6 Å². The van der Waals surface area contributed by atoms with Crippen LogP contribution >= 0.6 is 11.3 Å². The van der Waals surface area contributed by atoms with Gasteiger partial charge in [-0.15, -0.1) is 11.3 Å². The first kappa shape index (κ1) is 15.8. The van der Waals surface area contributed by atoms with E-state index in [4.69, 9.17) is 0 Å². The zero-order valence-electron chi connectivity index (χ0n) is 12.8. The molecule has 24 heavy (non-hydrogen) atoms. The number of nitro benzene ring substituents is 1. The van der Waals surface area contributed by atoms with Crippen molar-refractivity contribution >= 4 is 28.4 Å². The Hall–Kier alpha value is -3.06. The second-order valence-electron chi connectivity index (χ2n) is 5.04. The quantitative estimate of drug-likeness (QED) is 0.423. The number of para-hydroxylation sites is 1. The number of nitro groups is 1. The van der Waals surface area contributed by atoms with Crippen molar-refractivity contribution in [3.05, 3.63) is 75.2 Å². The van der Waals surface area contributed by atoms with Gasteiger partial charge in [0.1, 0.15) is 0 Å². The first-order chi connectivity index (χ1) is 11.6. The van der Waals surface area contributed by atoms with E-state index < -0.39 is 4.92 Å². The summed E-state index contributed by atoms with van der Waals surface area (Å²) in [5.74, 6) is 0. The number of rotatable bonds is 5. The minimum Gasteiger partial charge on any atom is -0.258 e. The normalized spacial score (nSPS) is 10.9. The molecule has 6 nitrogen and oxygen atoms in total. The smallest absolute Gasteiger partial charge is 0.258 e. The van der Waals surface area contributed by atoms with E-state index in [-0.39, 0.29) is 5.69 Å². The Bertz CT molecular complexity index is 891. The molecule has 0 amide bonds. The van der Waals surface area contributed by atoms with E-state index in [0.29, 0.717) is 16.3 Å². The molecule has 3 rings (SSSR count). The molecule has 0 radical (unpaired) electrons. The number of benzene rings is 2. The third-order valence-corrected chi connectivity index (χ3v) is 4.14. The highest BCUT2D eigenvalue weighted by molar-refractivity contribution is 7.14. The van der Waals surface area contributed by atoms with Crippen molar-refractivity contribution in [2.75, 3.05) is 5.43 Å². The van der Waals surface area contributed by atoms with Crippen LogP contribution in [0.1, 0.15) is 11.1 Å². The summed E-state index contributed by atoms with van der Waals surface area (Å²) >= 11 is 1.42. The average Bonchev–Trinajstić information content (AvgIpc) is 3.04. The van der Waals surface area contributed by atoms with Crippen LogP contribution in [-0.4, -0.2) is 16.1 Å². The number of nitrogens with zero attached hydrogens (tertiary/aromatic N) is 3. The van der Waals surface area contributed by atoms with Crippen LogP contribution in [0.25, 0.3) is 11.3 Å². The topological polar surface area (TPSA) is 80.4 Å². The van der Waals surface area contributed by atoms with Gasteiger partial charge in [0.15, 0.2) is 0 Å². The van der Waals surface area contributed by atoms with Crippen molar-refractivity contribution < 1.29 is 4.92 Å². The predicted octanol–water partition coefficient (Wildman–Crippen LogP) is 4.47. The Labute approximate surface area is 142 Å². The third-order valence-electron chi connectivity index (χ3n) is 3.39. The van der Waals surface area contributed by atoms with Crippen LogP contribution in [0.3, 0.4) is 0 Å². The van der Waals surface area contributed by atoms with Crippen molar-refractivity contribution in [2.24, 2.45) is 5.10 Å². The highest BCUT2D eigenvalue weighted by atomic mass is 32.1. The van der Waals surface area contributed by atoms with Crippen LogP contribution in [0.2, 0.25) is 0 Å². The number of hydrazone groups is 1. The number of aromatic nitrogens is 1. The molecule has 120 valence electrons. The summed E-state index contributed by atoms with van der Waals surface area (Å²) in [5.41, 5.74) is 5.83. The van der Waals surface area contributed by atoms with Crippen LogP contribution in [0.4, 0.5) is 10.8 Å². The molecule has 0 aliphatic rings. The first-order valence-electron chi connectivity index (χ1n) is 7.19. The third kappa shape index (κ3) is 3.47. The lowest BCUT2D eigenvalue weighted by Crippen LogP contribution is -1.98. The number of nitrogens with one attached hydrogen (secondary N) is 1. The molecule has 7 heteroatoms. The first-order valence-corrected chi connectivity index (χ1v) is 8.07. The lowest BCUT2D eigenvalue weighted by Gasteiger charge is -2.00. The van der Waals surface area contributed by atoms with Gasteiger partial charge in [-0.1, -0.05) is 42.5 Å². The van der Waals surface area contributed by atoms with Crippen LogP contribution in [0.15, 0.2) is 59.0 Å². The highest BCUT2D eigenvalue weighted by Gasteiger charge is 2.14. The van der Waals surface area contributed by atoms with Crippen LogP contribution in [0.5, 0.6) is 0 Å². The Morgan fingerprint density at radius 2 is 2.00 bits per heavy atom. The lowest BCUT2D eigenvalue weighted by molar-refractivity contribution is -0.385. The number of aryl methyl sites for hydroxylation is 1. The predicted molar refractivity (Wildman–Crippen MR) is 96.6 cm³/mol. The highest BCUT2D eigenvalue weighted by Crippen LogP contribution is 2.25. The van der Waals surface area contributed by atoms with E-state index in [9.17, 15) is 10.1 Å². The summed E-state index contributed by atoms with van der Waals surface area (Å²) in [6.07, 6.45) is 1.44. The van der Waals surface area contributed by atoms with Gasteiger partial charge in [0, 0.05) is 16.5 Å². The second-order valence-corrected chi connectivity index (χ2v) is 5.90. The molecule has 0 atom stereocenters. The van der Waals surface area contributed by atoms with Crippen LogP contribution in [-0.2, 0) is 0 Å². The van der Waals surface area contributed by atoms with Crippen LogP contribution < -0.4 is 5.43 Å². The number of thiazole rings is 1. The molecule has 1 heterocycles. The maximum atomic E-state index is 11.1. The van der Waals surface area contributed by atoms with E-state index in [0.717, 1.165) is 11.3 Å². The van der Waals surface area contributed by atoms with Gasteiger partial charge in [-0.25, -0.2) is 4.98 Å². The van der Waals surface area contributed by atoms with Crippen molar-refractivity contribution in [3.63, 3.8) is 0 Å². The maximum Gasteiger partial charge on any atom is 0.281 e. The molecular formula is C17H14N4O2S. The number of hydrogen-bond acceptors (Lipinski definition) is 6. The molecular weight excluding hydrogens is 324 g/mol.